The van der Waals surface area contributed by atoms with Crippen molar-refractivity contribution in [3.05, 3.63) is 35.9 Å². The summed E-state index contributed by atoms with van der Waals surface area (Å²) in [6.07, 6.45) is 6.84. The molecule has 0 radical (unpaired) electrons. The van der Waals surface area contributed by atoms with Crippen LogP contribution in [0.2, 0.25) is 0 Å². The van der Waals surface area contributed by atoms with Crippen LogP contribution in [-0.4, -0.2) is 55.6 Å². The van der Waals surface area contributed by atoms with Crippen molar-refractivity contribution in [3.63, 3.8) is 0 Å². The van der Waals surface area contributed by atoms with E-state index in [1.54, 1.807) is 17.3 Å². The fourth-order valence-corrected chi connectivity index (χ4v) is 2.85. The molecule has 2 aromatic heterocycles. The molecule has 1 aliphatic heterocycles. The molecule has 7 heteroatoms. The van der Waals surface area contributed by atoms with Crippen molar-refractivity contribution in [2.45, 2.75) is 12.8 Å². The molecule has 1 aliphatic rings. The first-order chi connectivity index (χ1) is 11.5. The third-order valence-electron chi connectivity index (χ3n) is 4.07. The zero-order chi connectivity index (χ0) is 17.3. The highest BCUT2D eigenvalue weighted by Gasteiger charge is 2.28. The fourth-order valence-electron chi connectivity index (χ4n) is 2.85. The Bertz CT molecular complexity index is 741. The van der Waals surface area contributed by atoms with Gasteiger partial charge in [-0.2, -0.15) is 0 Å². The lowest BCUT2D eigenvalue weighted by Gasteiger charge is -2.32. The SMILES string of the molecule is CN(C)c1cnc(C(=O)N2CCCc3ccnc(N(C)C)c32)cn1. The zero-order valence-corrected chi connectivity index (χ0v) is 14.5. The predicted octanol–water partition coefficient (Wildman–Crippen LogP) is 1.60. The van der Waals surface area contributed by atoms with Gasteiger partial charge in [0.15, 0.2) is 5.82 Å². The smallest absolute Gasteiger partial charge is 0.278 e. The van der Waals surface area contributed by atoms with Gasteiger partial charge in [-0.1, -0.05) is 0 Å². The van der Waals surface area contributed by atoms with E-state index in [-0.39, 0.29) is 5.91 Å². The Morgan fingerprint density at radius 3 is 2.50 bits per heavy atom. The first kappa shape index (κ1) is 16.2. The van der Waals surface area contributed by atoms with Crippen molar-refractivity contribution < 1.29 is 4.79 Å². The second-order valence-electron chi connectivity index (χ2n) is 6.25. The van der Waals surface area contributed by atoms with Gasteiger partial charge < -0.3 is 14.7 Å². The van der Waals surface area contributed by atoms with E-state index < -0.39 is 0 Å². The van der Waals surface area contributed by atoms with Crippen LogP contribution in [0.3, 0.4) is 0 Å². The van der Waals surface area contributed by atoms with Crippen LogP contribution in [0.25, 0.3) is 0 Å². The van der Waals surface area contributed by atoms with E-state index in [0.717, 1.165) is 35.7 Å². The molecule has 1 amide bonds. The molecule has 7 nitrogen and oxygen atoms in total. The molecule has 0 aliphatic carbocycles. The second kappa shape index (κ2) is 6.43. The van der Waals surface area contributed by atoms with E-state index in [0.29, 0.717) is 12.2 Å². The van der Waals surface area contributed by atoms with E-state index in [9.17, 15) is 4.79 Å². The standard InChI is InChI=1S/C17H22N6O/c1-21(2)14-11-19-13(10-20-14)17(24)23-9-5-6-12-7-8-18-16(15(12)23)22(3)4/h7-8,10-11H,5-6,9H2,1-4H3. The van der Waals surface area contributed by atoms with Crippen LogP contribution in [0, 0.1) is 0 Å². The van der Waals surface area contributed by atoms with Gasteiger partial charge in [-0.05, 0) is 24.5 Å². The van der Waals surface area contributed by atoms with Gasteiger partial charge in [0, 0.05) is 40.9 Å². The molecule has 2 aromatic rings. The van der Waals surface area contributed by atoms with Gasteiger partial charge in [0.2, 0.25) is 0 Å². The Labute approximate surface area is 142 Å². The quantitative estimate of drug-likeness (QED) is 0.853. The summed E-state index contributed by atoms with van der Waals surface area (Å²) in [5.74, 6) is 1.39. The number of carbonyl (C=O) groups is 1. The van der Waals surface area contributed by atoms with Crippen molar-refractivity contribution in [1.29, 1.82) is 0 Å². The molecule has 24 heavy (non-hydrogen) atoms. The summed E-state index contributed by atoms with van der Waals surface area (Å²) < 4.78 is 0. The van der Waals surface area contributed by atoms with E-state index >= 15 is 0 Å². The number of amides is 1. The Morgan fingerprint density at radius 2 is 1.88 bits per heavy atom. The van der Waals surface area contributed by atoms with Crippen LogP contribution in [0.5, 0.6) is 0 Å². The maximum Gasteiger partial charge on any atom is 0.278 e. The normalized spacial score (nSPS) is 13.4. The first-order valence-electron chi connectivity index (χ1n) is 7.95. The van der Waals surface area contributed by atoms with Gasteiger partial charge in [-0.15, -0.1) is 0 Å². The summed E-state index contributed by atoms with van der Waals surface area (Å²) >= 11 is 0. The summed E-state index contributed by atoms with van der Waals surface area (Å²) in [4.78, 5) is 31.6. The average Bonchev–Trinajstić information content (AvgIpc) is 2.60. The Kier molecular flexibility index (Phi) is 4.33. The van der Waals surface area contributed by atoms with Crippen LogP contribution < -0.4 is 14.7 Å². The highest BCUT2D eigenvalue weighted by Crippen LogP contribution is 2.35. The molecule has 0 fully saturated rings. The molecular weight excluding hydrogens is 304 g/mol. The lowest BCUT2D eigenvalue weighted by molar-refractivity contribution is 0.0980. The van der Waals surface area contributed by atoms with Crippen LogP contribution >= 0.6 is 0 Å². The van der Waals surface area contributed by atoms with Crippen molar-refractivity contribution in [3.8, 4) is 0 Å². The van der Waals surface area contributed by atoms with E-state index in [2.05, 4.69) is 15.0 Å². The fraction of sp³-hybridized carbons (Fsp3) is 0.412. The topological polar surface area (TPSA) is 65.5 Å². The summed E-state index contributed by atoms with van der Waals surface area (Å²) in [6.45, 7) is 0.662. The third-order valence-corrected chi connectivity index (χ3v) is 4.07. The monoisotopic (exact) mass is 326 g/mol. The molecule has 0 saturated heterocycles. The van der Waals surface area contributed by atoms with E-state index in [1.807, 2.05) is 44.1 Å². The average molecular weight is 326 g/mol. The molecule has 0 atom stereocenters. The Morgan fingerprint density at radius 1 is 1.08 bits per heavy atom. The van der Waals surface area contributed by atoms with Crippen LogP contribution in [0.4, 0.5) is 17.3 Å². The Hall–Kier alpha value is -2.70. The van der Waals surface area contributed by atoms with Gasteiger partial charge in [-0.3, -0.25) is 4.79 Å². The molecule has 0 N–H and O–H groups in total. The van der Waals surface area contributed by atoms with Crippen molar-refractivity contribution in [1.82, 2.24) is 15.0 Å². The largest absolute Gasteiger partial charge is 0.361 e. The molecule has 0 spiro atoms. The minimum Gasteiger partial charge on any atom is -0.361 e. The lowest BCUT2D eigenvalue weighted by Crippen LogP contribution is -2.37. The maximum absolute atomic E-state index is 13.0. The number of anilines is 3. The highest BCUT2D eigenvalue weighted by atomic mass is 16.2. The Balaban J connectivity index is 1.98. The van der Waals surface area contributed by atoms with Crippen LogP contribution in [-0.2, 0) is 6.42 Å². The molecule has 0 saturated carbocycles. The molecular formula is C17H22N6O. The summed E-state index contributed by atoms with van der Waals surface area (Å²) in [5.41, 5.74) is 2.38. The van der Waals surface area contributed by atoms with Crippen molar-refractivity contribution in [2.24, 2.45) is 0 Å². The highest BCUT2D eigenvalue weighted by molar-refractivity contribution is 6.07. The molecule has 0 aromatic carbocycles. The summed E-state index contributed by atoms with van der Waals surface area (Å²) in [6, 6.07) is 1.99. The van der Waals surface area contributed by atoms with Gasteiger partial charge in [0.1, 0.15) is 11.5 Å². The predicted molar refractivity (Wildman–Crippen MR) is 94.9 cm³/mol. The molecule has 3 rings (SSSR count). The summed E-state index contributed by atoms with van der Waals surface area (Å²) in [5, 5.41) is 0. The van der Waals surface area contributed by atoms with Gasteiger partial charge >= 0.3 is 0 Å². The second-order valence-corrected chi connectivity index (χ2v) is 6.25. The lowest BCUT2D eigenvalue weighted by atomic mass is 10.0. The number of aromatic nitrogens is 3. The third kappa shape index (κ3) is 2.89. The van der Waals surface area contributed by atoms with Crippen molar-refractivity contribution >= 4 is 23.2 Å². The molecule has 0 bridgehead atoms. The van der Waals surface area contributed by atoms with Gasteiger partial charge in [-0.25, -0.2) is 15.0 Å². The maximum atomic E-state index is 13.0. The number of nitrogens with zero attached hydrogens (tertiary/aromatic N) is 6. The number of hydrogen-bond donors (Lipinski definition) is 0. The minimum atomic E-state index is -0.134. The van der Waals surface area contributed by atoms with Crippen LogP contribution in [0.15, 0.2) is 24.7 Å². The summed E-state index contributed by atoms with van der Waals surface area (Å²) in [7, 11) is 7.65. The van der Waals surface area contributed by atoms with E-state index in [4.69, 9.17) is 0 Å². The molecule has 126 valence electrons. The van der Waals surface area contributed by atoms with Gasteiger partial charge in [0.25, 0.3) is 5.91 Å². The first-order valence-corrected chi connectivity index (χ1v) is 7.95. The minimum absolute atomic E-state index is 0.134. The molecule has 0 unspecified atom stereocenters. The zero-order valence-electron chi connectivity index (χ0n) is 14.5. The number of aryl methyl sites for hydroxylation is 1. The van der Waals surface area contributed by atoms with Crippen molar-refractivity contribution in [2.75, 3.05) is 49.4 Å². The van der Waals surface area contributed by atoms with Crippen LogP contribution in [0.1, 0.15) is 22.5 Å². The number of rotatable bonds is 3. The number of pyridine rings is 1. The number of carbonyl (C=O) groups excluding carboxylic acids is 1. The number of hydrogen-bond acceptors (Lipinski definition) is 6. The number of fused-ring (bicyclic) bond motifs is 1. The van der Waals surface area contributed by atoms with Gasteiger partial charge in [0.05, 0.1) is 18.1 Å². The van der Waals surface area contributed by atoms with E-state index in [1.165, 1.54) is 6.20 Å². The molecule has 3 heterocycles.